The van der Waals surface area contributed by atoms with Gasteiger partial charge in [0.1, 0.15) is 5.75 Å². The van der Waals surface area contributed by atoms with E-state index in [-0.39, 0.29) is 16.1 Å². The molecule has 0 aliphatic heterocycles. The SMILES string of the molecule is COc1ccc(C)cc1/C=C/C(=O)Nc1cccc(S(=O)(=O)C2CCCC2)c1. The van der Waals surface area contributed by atoms with E-state index in [1.807, 2.05) is 25.1 Å². The summed E-state index contributed by atoms with van der Waals surface area (Å²) in [7, 11) is -1.77. The van der Waals surface area contributed by atoms with Gasteiger partial charge in [0.15, 0.2) is 9.84 Å². The predicted octanol–water partition coefficient (Wildman–Crippen LogP) is 4.37. The van der Waals surface area contributed by atoms with E-state index in [0.29, 0.717) is 24.3 Å². The van der Waals surface area contributed by atoms with E-state index in [4.69, 9.17) is 4.74 Å². The molecule has 6 heteroatoms. The fraction of sp³-hybridized carbons (Fsp3) is 0.318. The summed E-state index contributed by atoms with van der Waals surface area (Å²) in [5.74, 6) is 0.346. The molecule has 1 aliphatic rings. The molecule has 0 saturated heterocycles. The maximum Gasteiger partial charge on any atom is 0.248 e. The second kappa shape index (κ2) is 8.61. The Balaban J connectivity index is 1.74. The maximum absolute atomic E-state index is 12.7. The smallest absolute Gasteiger partial charge is 0.248 e. The van der Waals surface area contributed by atoms with Gasteiger partial charge in [-0.05, 0) is 56.2 Å². The van der Waals surface area contributed by atoms with Crippen molar-refractivity contribution in [3.05, 3.63) is 59.7 Å². The van der Waals surface area contributed by atoms with Crippen LogP contribution in [0.25, 0.3) is 6.08 Å². The van der Waals surface area contributed by atoms with E-state index in [9.17, 15) is 13.2 Å². The Morgan fingerprint density at radius 1 is 1.14 bits per heavy atom. The molecule has 1 amide bonds. The average molecular weight is 400 g/mol. The standard InChI is InChI=1S/C22H25NO4S/c1-16-10-12-21(27-2)17(14-16)11-13-22(24)23-18-6-5-9-20(15-18)28(25,26)19-7-3-4-8-19/h5-6,9-15,19H,3-4,7-8H2,1-2H3,(H,23,24)/b13-11+. The highest BCUT2D eigenvalue weighted by Gasteiger charge is 2.30. The second-order valence-electron chi connectivity index (χ2n) is 7.05. The van der Waals surface area contributed by atoms with Crippen LogP contribution < -0.4 is 10.1 Å². The fourth-order valence-electron chi connectivity index (χ4n) is 3.48. The molecule has 28 heavy (non-hydrogen) atoms. The summed E-state index contributed by atoms with van der Waals surface area (Å²) in [6.07, 6.45) is 6.41. The van der Waals surface area contributed by atoms with Gasteiger partial charge >= 0.3 is 0 Å². The zero-order chi connectivity index (χ0) is 20.1. The van der Waals surface area contributed by atoms with Crippen molar-refractivity contribution in [1.29, 1.82) is 0 Å². The molecule has 0 bridgehead atoms. The minimum absolute atomic E-state index is 0.265. The van der Waals surface area contributed by atoms with Crippen molar-refractivity contribution in [2.75, 3.05) is 12.4 Å². The first-order valence-electron chi connectivity index (χ1n) is 9.38. The first-order chi connectivity index (χ1) is 13.4. The van der Waals surface area contributed by atoms with E-state index >= 15 is 0 Å². The normalized spacial score (nSPS) is 15.1. The molecule has 1 fully saturated rings. The summed E-state index contributed by atoms with van der Waals surface area (Å²) in [4.78, 5) is 12.6. The number of nitrogens with one attached hydrogen (secondary N) is 1. The lowest BCUT2D eigenvalue weighted by Gasteiger charge is -2.12. The number of ether oxygens (including phenoxy) is 1. The van der Waals surface area contributed by atoms with Gasteiger partial charge in [-0.25, -0.2) is 8.42 Å². The summed E-state index contributed by atoms with van der Waals surface area (Å²) in [5.41, 5.74) is 2.32. The molecule has 2 aromatic rings. The van der Waals surface area contributed by atoms with Gasteiger partial charge in [-0.1, -0.05) is 30.5 Å². The fourth-order valence-corrected chi connectivity index (χ4v) is 5.37. The van der Waals surface area contributed by atoms with Crippen molar-refractivity contribution in [3.63, 3.8) is 0 Å². The first-order valence-corrected chi connectivity index (χ1v) is 10.9. The summed E-state index contributed by atoms with van der Waals surface area (Å²) < 4.78 is 30.8. The monoisotopic (exact) mass is 399 g/mol. The number of benzene rings is 2. The number of rotatable bonds is 6. The molecule has 148 valence electrons. The topological polar surface area (TPSA) is 72.5 Å². The Hall–Kier alpha value is -2.60. The van der Waals surface area contributed by atoms with Gasteiger partial charge in [0.25, 0.3) is 0 Å². The van der Waals surface area contributed by atoms with Crippen LogP contribution in [0.5, 0.6) is 5.75 Å². The molecule has 2 aromatic carbocycles. The number of methoxy groups -OCH3 is 1. The molecular formula is C22H25NO4S. The second-order valence-corrected chi connectivity index (χ2v) is 9.28. The Kier molecular flexibility index (Phi) is 6.19. The van der Waals surface area contributed by atoms with Gasteiger partial charge in [-0.15, -0.1) is 0 Å². The highest BCUT2D eigenvalue weighted by molar-refractivity contribution is 7.92. The molecule has 0 heterocycles. The highest BCUT2D eigenvalue weighted by Crippen LogP contribution is 2.30. The van der Waals surface area contributed by atoms with Crippen LogP contribution in [0.4, 0.5) is 5.69 Å². The third-order valence-corrected chi connectivity index (χ3v) is 7.23. The lowest BCUT2D eigenvalue weighted by Crippen LogP contribution is -2.18. The Morgan fingerprint density at radius 2 is 1.89 bits per heavy atom. The molecule has 0 aromatic heterocycles. The Bertz CT molecular complexity index is 989. The highest BCUT2D eigenvalue weighted by atomic mass is 32.2. The number of hydrogen-bond donors (Lipinski definition) is 1. The maximum atomic E-state index is 12.7. The van der Waals surface area contributed by atoms with Crippen LogP contribution in [0.1, 0.15) is 36.8 Å². The summed E-state index contributed by atoms with van der Waals surface area (Å²) in [5, 5.41) is 2.42. The third kappa shape index (κ3) is 4.62. The average Bonchev–Trinajstić information content (AvgIpc) is 3.22. The number of amides is 1. The van der Waals surface area contributed by atoms with Crippen LogP contribution in [0.3, 0.4) is 0 Å². The molecular weight excluding hydrogens is 374 g/mol. The Labute approximate surface area is 166 Å². The molecule has 0 radical (unpaired) electrons. The van der Waals surface area contributed by atoms with E-state index in [2.05, 4.69) is 5.32 Å². The van der Waals surface area contributed by atoms with E-state index in [1.54, 1.807) is 31.4 Å². The van der Waals surface area contributed by atoms with Crippen LogP contribution in [0.2, 0.25) is 0 Å². The Morgan fingerprint density at radius 3 is 2.61 bits per heavy atom. The van der Waals surface area contributed by atoms with Crippen molar-refractivity contribution in [2.45, 2.75) is 42.8 Å². The van der Waals surface area contributed by atoms with Crippen molar-refractivity contribution < 1.29 is 17.9 Å². The van der Waals surface area contributed by atoms with Crippen LogP contribution in [-0.4, -0.2) is 26.7 Å². The zero-order valence-electron chi connectivity index (χ0n) is 16.1. The number of anilines is 1. The summed E-state index contributed by atoms with van der Waals surface area (Å²) >= 11 is 0. The van der Waals surface area contributed by atoms with Crippen LogP contribution >= 0.6 is 0 Å². The molecule has 1 aliphatic carbocycles. The van der Waals surface area contributed by atoms with E-state index in [0.717, 1.165) is 24.0 Å². The number of sulfone groups is 1. The lowest BCUT2D eigenvalue weighted by atomic mass is 10.1. The van der Waals surface area contributed by atoms with E-state index in [1.165, 1.54) is 12.1 Å². The molecule has 0 atom stereocenters. The molecule has 0 unspecified atom stereocenters. The van der Waals surface area contributed by atoms with Crippen LogP contribution in [-0.2, 0) is 14.6 Å². The minimum atomic E-state index is -3.35. The predicted molar refractivity (Wildman–Crippen MR) is 111 cm³/mol. The van der Waals surface area contributed by atoms with E-state index < -0.39 is 9.84 Å². The largest absolute Gasteiger partial charge is 0.496 e. The molecule has 1 N–H and O–H groups in total. The van der Waals surface area contributed by atoms with Crippen molar-refractivity contribution in [3.8, 4) is 5.75 Å². The molecule has 3 rings (SSSR count). The van der Waals surface area contributed by atoms with Crippen molar-refractivity contribution in [2.24, 2.45) is 0 Å². The van der Waals surface area contributed by atoms with Gasteiger partial charge in [0.2, 0.25) is 5.91 Å². The lowest BCUT2D eigenvalue weighted by molar-refractivity contribution is -0.111. The van der Waals surface area contributed by atoms with Crippen molar-refractivity contribution >= 4 is 27.5 Å². The van der Waals surface area contributed by atoms with Crippen molar-refractivity contribution in [1.82, 2.24) is 0 Å². The summed E-state index contributed by atoms with van der Waals surface area (Å²) in [6, 6.07) is 12.2. The number of carbonyl (C=O) groups excluding carboxylic acids is 1. The first kappa shape index (κ1) is 20.1. The molecule has 5 nitrogen and oxygen atoms in total. The quantitative estimate of drug-likeness (QED) is 0.732. The van der Waals surface area contributed by atoms with Crippen LogP contribution in [0, 0.1) is 6.92 Å². The van der Waals surface area contributed by atoms with Crippen LogP contribution in [0.15, 0.2) is 53.4 Å². The molecule has 1 saturated carbocycles. The van der Waals surface area contributed by atoms with Gasteiger partial charge in [0, 0.05) is 17.3 Å². The van der Waals surface area contributed by atoms with Gasteiger partial charge in [-0.2, -0.15) is 0 Å². The van der Waals surface area contributed by atoms with Gasteiger partial charge < -0.3 is 10.1 Å². The molecule has 0 spiro atoms. The zero-order valence-corrected chi connectivity index (χ0v) is 17.0. The minimum Gasteiger partial charge on any atom is -0.496 e. The van der Waals surface area contributed by atoms with Gasteiger partial charge in [0.05, 0.1) is 17.3 Å². The number of carbonyl (C=O) groups is 1. The van der Waals surface area contributed by atoms with Gasteiger partial charge in [-0.3, -0.25) is 4.79 Å². The number of aryl methyl sites for hydroxylation is 1. The number of hydrogen-bond acceptors (Lipinski definition) is 4. The summed E-state index contributed by atoms with van der Waals surface area (Å²) in [6.45, 7) is 1.97. The third-order valence-electron chi connectivity index (χ3n) is 4.97.